The molecule has 4 heteroatoms. The second kappa shape index (κ2) is 5.54. The van der Waals surface area contributed by atoms with Crippen molar-refractivity contribution in [1.29, 1.82) is 0 Å². The minimum Gasteiger partial charge on any atom is -0.491 e. The molecule has 1 unspecified atom stereocenters. The van der Waals surface area contributed by atoms with Crippen molar-refractivity contribution in [2.24, 2.45) is 5.92 Å². The van der Waals surface area contributed by atoms with Crippen molar-refractivity contribution in [3.8, 4) is 5.75 Å². The Balaban J connectivity index is 2.69. The molecule has 0 aliphatic carbocycles. The average molecular weight is 256 g/mol. The molecule has 0 bridgehead atoms. The summed E-state index contributed by atoms with van der Waals surface area (Å²) in [4.78, 5) is 0.321. The first kappa shape index (κ1) is 14.0. The highest BCUT2D eigenvalue weighted by Gasteiger charge is 2.09. The molecule has 0 spiro atoms. The predicted molar refractivity (Wildman–Crippen MR) is 69.1 cm³/mol. The molecule has 0 saturated carbocycles. The van der Waals surface area contributed by atoms with Crippen LogP contribution in [-0.4, -0.2) is 20.8 Å². The lowest BCUT2D eigenvalue weighted by Crippen LogP contribution is -2.14. The largest absolute Gasteiger partial charge is 0.491 e. The zero-order chi connectivity index (χ0) is 13.1. The van der Waals surface area contributed by atoms with E-state index in [2.05, 4.69) is 13.8 Å². The molecule has 0 aromatic heterocycles. The summed E-state index contributed by atoms with van der Waals surface area (Å²) >= 11 is 0. The van der Waals surface area contributed by atoms with E-state index >= 15 is 0 Å². The molecule has 17 heavy (non-hydrogen) atoms. The highest BCUT2D eigenvalue weighted by atomic mass is 32.2. The Morgan fingerprint density at radius 3 is 2.06 bits per heavy atom. The van der Waals surface area contributed by atoms with E-state index in [0.717, 1.165) is 6.42 Å². The van der Waals surface area contributed by atoms with E-state index in [1.54, 1.807) is 24.3 Å². The van der Waals surface area contributed by atoms with E-state index in [1.807, 2.05) is 6.92 Å². The molecule has 0 N–H and O–H groups in total. The quantitative estimate of drug-likeness (QED) is 0.813. The van der Waals surface area contributed by atoms with Gasteiger partial charge in [-0.05, 0) is 43.5 Å². The number of rotatable bonds is 5. The monoisotopic (exact) mass is 256 g/mol. The first-order valence-electron chi connectivity index (χ1n) is 5.76. The second-order valence-electron chi connectivity index (χ2n) is 4.80. The maximum atomic E-state index is 11.3. The summed E-state index contributed by atoms with van der Waals surface area (Å²) in [7, 11) is -3.12. The summed E-state index contributed by atoms with van der Waals surface area (Å²) in [6, 6.07) is 6.56. The number of hydrogen-bond acceptors (Lipinski definition) is 3. The summed E-state index contributed by atoms with van der Waals surface area (Å²) in [5, 5.41) is 0. The second-order valence-corrected chi connectivity index (χ2v) is 6.82. The average Bonchev–Trinajstić information content (AvgIpc) is 2.15. The third-order valence-corrected chi connectivity index (χ3v) is 3.52. The van der Waals surface area contributed by atoms with Gasteiger partial charge in [0.2, 0.25) is 0 Å². The van der Waals surface area contributed by atoms with Crippen LogP contribution in [0.1, 0.15) is 27.2 Å². The molecule has 3 nitrogen and oxygen atoms in total. The zero-order valence-electron chi connectivity index (χ0n) is 10.8. The van der Waals surface area contributed by atoms with Crippen molar-refractivity contribution in [2.45, 2.75) is 38.2 Å². The van der Waals surface area contributed by atoms with Crippen LogP contribution in [0.5, 0.6) is 5.75 Å². The Bertz CT molecular complexity index is 446. The van der Waals surface area contributed by atoms with Crippen LogP contribution in [0, 0.1) is 5.92 Å². The highest BCUT2D eigenvalue weighted by Crippen LogP contribution is 2.18. The van der Waals surface area contributed by atoms with E-state index in [4.69, 9.17) is 4.74 Å². The molecule has 1 atom stereocenters. The maximum Gasteiger partial charge on any atom is 0.175 e. The van der Waals surface area contributed by atoms with Gasteiger partial charge in [0.15, 0.2) is 9.84 Å². The first-order chi connectivity index (χ1) is 7.79. The van der Waals surface area contributed by atoms with Gasteiger partial charge in [-0.15, -0.1) is 0 Å². The van der Waals surface area contributed by atoms with Crippen molar-refractivity contribution in [3.63, 3.8) is 0 Å². The summed E-state index contributed by atoms with van der Waals surface area (Å²) in [5.74, 6) is 1.30. The molecule has 0 amide bonds. The fraction of sp³-hybridized carbons (Fsp3) is 0.538. The van der Waals surface area contributed by atoms with Gasteiger partial charge in [0.1, 0.15) is 5.75 Å². The van der Waals surface area contributed by atoms with Crippen LogP contribution in [0.2, 0.25) is 0 Å². The van der Waals surface area contributed by atoms with Crippen molar-refractivity contribution in [3.05, 3.63) is 24.3 Å². The van der Waals surface area contributed by atoms with Crippen molar-refractivity contribution < 1.29 is 13.2 Å². The first-order valence-corrected chi connectivity index (χ1v) is 7.65. The molecular weight excluding hydrogens is 236 g/mol. The van der Waals surface area contributed by atoms with E-state index < -0.39 is 9.84 Å². The molecule has 1 aromatic rings. The van der Waals surface area contributed by atoms with Crippen molar-refractivity contribution >= 4 is 9.84 Å². The molecule has 96 valence electrons. The maximum absolute atomic E-state index is 11.3. The SMILES string of the molecule is CC(C)CC(C)Oc1ccc(S(C)(=O)=O)cc1. The van der Waals surface area contributed by atoms with Gasteiger partial charge in [-0.3, -0.25) is 0 Å². The number of sulfone groups is 1. The normalized spacial score (nSPS) is 13.7. The van der Waals surface area contributed by atoms with Gasteiger partial charge >= 0.3 is 0 Å². The molecule has 0 radical (unpaired) electrons. The van der Waals surface area contributed by atoms with Crippen LogP contribution < -0.4 is 4.74 Å². The molecule has 0 aliphatic heterocycles. The molecule has 1 aromatic carbocycles. The van der Waals surface area contributed by atoms with Gasteiger partial charge in [-0.2, -0.15) is 0 Å². The molecule has 0 aliphatic rings. The Morgan fingerprint density at radius 1 is 1.12 bits per heavy atom. The zero-order valence-corrected chi connectivity index (χ0v) is 11.6. The van der Waals surface area contributed by atoms with Gasteiger partial charge < -0.3 is 4.74 Å². The number of ether oxygens (including phenoxy) is 1. The van der Waals surface area contributed by atoms with E-state index in [1.165, 1.54) is 6.26 Å². The highest BCUT2D eigenvalue weighted by molar-refractivity contribution is 7.90. The standard InChI is InChI=1S/C13H20O3S/c1-10(2)9-11(3)16-12-5-7-13(8-6-12)17(4,14)15/h5-8,10-11H,9H2,1-4H3. The minimum atomic E-state index is -3.12. The summed E-state index contributed by atoms with van der Waals surface area (Å²) in [6.45, 7) is 6.31. The van der Waals surface area contributed by atoms with Crippen LogP contribution in [0.15, 0.2) is 29.2 Å². The van der Waals surface area contributed by atoms with Crippen LogP contribution in [0.3, 0.4) is 0 Å². The predicted octanol–water partition coefficient (Wildman–Crippen LogP) is 2.90. The van der Waals surface area contributed by atoms with Gasteiger partial charge in [0.05, 0.1) is 11.0 Å². The Morgan fingerprint density at radius 2 is 1.65 bits per heavy atom. The summed E-state index contributed by atoms with van der Waals surface area (Å²) in [5.41, 5.74) is 0. The van der Waals surface area contributed by atoms with Gasteiger partial charge in [0, 0.05) is 6.26 Å². The lowest BCUT2D eigenvalue weighted by Gasteiger charge is -2.16. The Labute approximate surface area is 104 Å². The molecule has 0 fully saturated rings. The van der Waals surface area contributed by atoms with Crippen molar-refractivity contribution in [2.75, 3.05) is 6.26 Å². The number of benzene rings is 1. The van der Waals surface area contributed by atoms with Gasteiger partial charge in [-0.25, -0.2) is 8.42 Å². The number of hydrogen-bond donors (Lipinski definition) is 0. The van der Waals surface area contributed by atoms with Gasteiger partial charge in [0.25, 0.3) is 0 Å². The van der Waals surface area contributed by atoms with Crippen LogP contribution >= 0.6 is 0 Å². The van der Waals surface area contributed by atoms with E-state index in [0.29, 0.717) is 16.6 Å². The Kier molecular flexibility index (Phi) is 4.57. The van der Waals surface area contributed by atoms with Crippen molar-refractivity contribution in [1.82, 2.24) is 0 Å². The summed E-state index contributed by atoms with van der Waals surface area (Å²) < 4.78 is 28.2. The van der Waals surface area contributed by atoms with Gasteiger partial charge in [-0.1, -0.05) is 13.8 Å². The van der Waals surface area contributed by atoms with Crippen LogP contribution in [0.25, 0.3) is 0 Å². The lowest BCUT2D eigenvalue weighted by atomic mass is 10.1. The molecule has 0 heterocycles. The minimum absolute atomic E-state index is 0.138. The smallest absolute Gasteiger partial charge is 0.175 e. The topological polar surface area (TPSA) is 43.4 Å². The van der Waals surface area contributed by atoms with E-state index in [9.17, 15) is 8.42 Å². The summed E-state index contributed by atoms with van der Waals surface area (Å²) in [6.07, 6.45) is 2.32. The van der Waals surface area contributed by atoms with E-state index in [-0.39, 0.29) is 6.10 Å². The van der Waals surface area contributed by atoms with Crippen LogP contribution in [0.4, 0.5) is 0 Å². The molecule has 1 rings (SSSR count). The Hall–Kier alpha value is -1.03. The fourth-order valence-corrected chi connectivity index (χ4v) is 2.34. The molecular formula is C13H20O3S. The fourth-order valence-electron chi connectivity index (χ4n) is 1.71. The lowest BCUT2D eigenvalue weighted by molar-refractivity contribution is 0.193. The third-order valence-electron chi connectivity index (χ3n) is 2.39. The third kappa shape index (κ3) is 4.77. The molecule has 0 saturated heterocycles. The van der Waals surface area contributed by atoms with Crippen LogP contribution in [-0.2, 0) is 9.84 Å².